The van der Waals surface area contributed by atoms with Gasteiger partial charge >= 0.3 is 6.16 Å². The van der Waals surface area contributed by atoms with Crippen LogP contribution >= 0.6 is 0 Å². The van der Waals surface area contributed by atoms with Gasteiger partial charge in [-0.05, 0) is 85.6 Å². The Morgan fingerprint density at radius 1 is 1.00 bits per heavy atom. The molecule has 6 nitrogen and oxygen atoms in total. The average Bonchev–Trinajstić information content (AvgIpc) is 3.33. The number of carbonyl (C=O) groups is 3. The predicted molar refractivity (Wildman–Crippen MR) is 180 cm³/mol. The normalized spacial score (nSPS) is 39.6. The third-order valence-electron chi connectivity index (χ3n) is 12.3. The van der Waals surface area contributed by atoms with Crippen molar-refractivity contribution in [2.45, 2.75) is 86.5 Å². The van der Waals surface area contributed by atoms with Gasteiger partial charge in [-0.25, -0.2) is 4.79 Å². The smallest absolute Gasteiger partial charge is 0.434 e. The number of amides is 1. The first kappa shape index (κ1) is 32.0. The summed E-state index contributed by atoms with van der Waals surface area (Å²) in [6, 6.07) is 8.12. The van der Waals surface area contributed by atoms with Crippen molar-refractivity contribution in [1.29, 1.82) is 0 Å². The van der Waals surface area contributed by atoms with Crippen LogP contribution in [0.4, 0.5) is 4.79 Å². The van der Waals surface area contributed by atoms with Gasteiger partial charge < -0.3 is 14.8 Å². The van der Waals surface area contributed by atoms with E-state index in [0.717, 1.165) is 36.6 Å². The van der Waals surface area contributed by atoms with E-state index in [-0.39, 0.29) is 46.7 Å². The quantitative estimate of drug-likeness (QED) is 0.116. The van der Waals surface area contributed by atoms with Crippen LogP contribution in [0.25, 0.3) is 6.08 Å². The maximum atomic E-state index is 15.1. The molecule has 1 N–H and O–H groups in total. The Labute approximate surface area is 270 Å². The van der Waals surface area contributed by atoms with Crippen molar-refractivity contribution in [2.75, 3.05) is 6.61 Å². The Kier molecular flexibility index (Phi) is 7.70. The van der Waals surface area contributed by atoms with E-state index < -0.39 is 25.1 Å². The Hall–Kier alpha value is -2.93. The molecule has 1 aromatic carbocycles. The standard InChI is InChI=1S/C38H51NO5Si/c1-22-10-15-28-30-31(24(3)20-36(28,5)19-22)37(6)21-23(2)25(4)32-29(39-34(41)38(32,37)33(30)40)18-26-11-13-27(14-12-26)44-35(42)43-16-17-45(7,8)9/h11-14,18,20-22,25,28,30-32H,10,15-17,19H2,1-9H3,(H,39,41)/b29-18-/t22-,25-,28+,30+,31-,32-,36+,37-,38+/m1/s1. The van der Waals surface area contributed by atoms with Gasteiger partial charge in [-0.15, -0.1) is 0 Å². The number of fused-ring (bicyclic) bond motifs is 4. The van der Waals surface area contributed by atoms with Crippen LogP contribution in [0, 0.1) is 51.8 Å². The van der Waals surface area contributed by atoms with Crippen molar-refractivity contribution >= 4 is 32.0 Å². The maximum absolute atomic E-state index is 15.1. The summed E-state index contributed by atoms with van der Waals surface area (Å²) in [7, 11) is -1.31. The van der Waals surface area contributed by atoms with Gasteiger partial charge in [0.2, 0.25) is 5.91 Å². The topological polar surface area (TPSA) is 81.7 Å². The lowest BCUT2D eigenvalue weighted by Gasteiger charge is -2.52. The lowest BCUT2D eigenvalue weighted by atomic mass is 9.49. The molecule has 242 valence electrons. The molecule has 0 bridgehead atoms. The molecule has 0 radical (unpaired) electrons. The molecule has 1 amide bonds. The fourth-order valence-electron chi connectivity index (χ4n) is 10.4. The highest BCUT2D eigenvalue weighted by molar-refractivity contribution is 6.76. The number of benzene rings is 1. The van der Waals surface area contributed by atoms with Crippen LogP contribution in [0.3, 0.4) is 0 Å². The van der Waals surface area contributed by atoms with Crippen LogP contribution in [0.5, 0.6) is 5.75 Å². The van der Waals surface area contributed by atoms with E-state index in [1.807, 2.05) is 18.2 Å². The van der Waals surface area contributed by atoms with Gasteiger partial charge in [-0.2, -0.15) is 0 Å². The second kappa shape index (κ2) is 10.8. The monoisotopic (exact) mass is 629 g/mol. The summed E-state index contributed by atoms with van der Waals surface area (Å²) in [6.45, 7) is 20.5. The van der Waals surface area contributed by atoms with E-state index in [4.69, 9.17) is 9.47 Å². The predicted octanol–water partition coefficient (Wildman–Crippen LogP) is 8.43. The molecule has 2 saturated carbocycles. The number of nitrogens with one attached hydrogen (secondary N) is 1. The molecule has 1 aliphatic heterocycles. The van der Waals surface area contributed by atoms with Crippen LogP contribution in [0.2, 0.25) is 25.7 Å². The maximum Gasteiger partial charge on any atom is 0.513 e. The number of carbonyl (C=O) groups excluding carboxylic acids is 3. The van der Waals surface area contributed by atoms with Gasteiger partial charge in [0.15, 0.2) is 5.78 Å². The number of hydrogen-bond donors (Lipinski definition) is 1. The van der Waals surface area contributed by atoms with Crippen molar-refractivity contribution in [2.24, 2.45) is 51.8 Å². The number of ether oxygens (including phenoxy) is 2. The highest BCUT2D eigenvalue weighted by Gasteiger charge is 2.79. The molecule has 0 unspecified atom stereocenters. The summed E-state index contributed by atoms with van der Waals surface area (Å²) < 4.78 is 10.7. The SMILES string of the molecule is CC1=C[C@]2(C)[C@@H]3C(C)=C[C@]4(C)C[C@H](C)CC[C@H]4[C@@H]3C(=O)[C@@]23C(=O)N/C(=C\c2ccc(OC(=O)OCC[Si](C)(C)C)cc2)[C@H]3[C@@H]1C. The zero-order chi connectivity index (χ0) is 32.7. The molecule has 3 fully saturated rings. The molecule has 4 aliphatic carbocycles. The van der Waals surface area contributed by atoms with Gasteiger partial charge in [0.1, 0.15) is 11.2 Å². The molecule has 7 heteroatoms. The van der Waals surface area contributed by atoms with Crippen LogP contribution in [-0.4, -0.2) is 32.5 Å². The molecule has 1 saturated heterocycles. The van der Waals surface area contributed by atoms with E-state index in [1.165, 1.54) is 11.1 Å². The van der Waals surface area contributed by atoms with Crippen molar-refractivity contribution in [3.8, 4) is 5.75 Å². The first-order valence-corrected chi connectivity index (χ1v) is 20.6. The molecule has 1 spiro atoms. The fourth-order valence-corrected chi connectivity index (χ4v) is 11.1. The summed E-state index contributed by atoms with van der Waals surface area (Å²) in [5.41, 5.74) is 2.43. The van der Waals surface area contributed by atoms with Crippen molar-refractivity contribution in [1.82, 2.24) is 5.32 Å². The minimum Gasteiger partial charge on any atom is -0.434 e. The highest BCUT2D eigenvalue weighted by atomic mass is 28.3. The van der Waals surface area contributed by atoms with Gasteiger partial charge in [-0.3, -0.25) is 9.59 Å². The third kappa shape index (κ3) is 4.90. The number of ketones is 1. The second-order valence-electron chi connectivity index (χ2n) is 16.6. The lowest BCUT2D eigenvalue weighted by molar-refractivity contribution is -0.147. The van der Waals surface area contributed by atoms with Crippen LogP contribution < -0.4 is 10.1 Å². The molecular weight excluding hydrogens is 579 g/mol. The van der Waals surface area contributed by atoms with Crippen LogP contribution in [0.1, 0.15) is 66.4 Å². The zero-order valence-electron chi connectivity index (χ0n) is 28.6. The highest BCUT2D eigenvalue weighted by Crippen LogP contribution is 2.74. The summed E-state index contributed by atoms with van der Waals surface area (Å²) >= 11 is 0. The van der Waals surface area contributed by atoms with E-state index in [1.54, 1.807) is 12.1 Å². The summed E-state index contributed by atoms with van der Waals surface area (Å²) in [6.07, 6.45) is 9.36. The Morgan fingerprint density at radius 3 is 2.36 bits per heavy atom. The molecule has 1 aromatic rings. The lowest BCUT2D eigenvalue weighted by Crippen LogP contribution is -2.54. The van der Waals surface area contributed by atoms with Crippen molar-refractivity contribution in [3.63, 3.8) is 0 Å². The largest absolute Gasteiger partial charge is 0.513 e. The molecule has 1 heterocycles. The first-order chi connectivity index (χ1) is 21.0. The number of hydrogen-bond acceptors (Lipinski definition) is 5. The van der Waals surface area contributed by atoms with E-state index in [0.29, 0.717) is 18.3 Å². The molecule has 0 aromatic heterocycles. The Morgan fingerprint density at radius 2 is 1.69 bits per heavy atom. The summed E-state index contributed by atoms with van der Waals surface area (Å²) in [5.74, 6) is 0.946. The molecule has 6 rings (SSSR count). The fraction of sp³-hybridized carbons (Fsp3) is 0.605. The number of Topliss-reactive ketones (excluding diaryl/α,β-unsaturated/α-hetero) is 1. The second-order valence-corrected chi connectivity index (χ2v) is 22.3. The molecule has 5 aliphatic rings. The molecule has 9 atom stereocenters. The van der Waals surface area contributed by atoms with Crippen LogP contribution in [0.15, 0.2) is 53.3 Å². The number of rotatable bonds is 5. The van der Waals surface area contributed by atoms with E-state index in [9.17, 15) is 9.59 Å². The molecule has 45 heavy (non-hydrogen) atoms. The van der Waals surface area contributed by atoms with Gasteiger partial charge in [0.05, 0.1) is 6.61 Å². The Balaban J connectivity index is 1.32. The zero-order valence-corrected chi connectivity index (χ0v) is 29.6. The van der Waals surface area contributed by atoms with Crippen molar-refractivity contribution < 1.29 is 23.9 Å². The number of allylic oxidation sites excluding steroid dienone is 5. The minimum absolute atomic E-state index is 0.0166. The van der Waals surface area contributed by atoms with E-state index in [2.05, 4.69) is 78.7 Å². The first-order valence-electron chi connectivity index (χ1n) is 16.9. The van der Waals surface area contributed by atoms with Gasteiger partial charge in [0, 0.05) is 31.0 Å². The van der Waals surface area contributed by atoms with Gasteiger partial charge in [-0.1, -0.05) is 89.2 Å². The van der Waals surface area contributed by atoms with Crippen molar-refractivity contribution in [3.05, 3.63) is 58.8 Å². The van der Waals surface area contributed by atoms with Crippen LogP contribution in [-0.2, 0) is 14.3 Å². The van der Waals surface area contributed by atoms with Gasteiger partial charge in [0.25, 0.3) is 0 Å². The van der Waals surface area contributed by atoms with E-state index >= 15 is 4.79 Å². The third-order valence-corrected chi connectivity index (χ3v) is 14.0. The summed E-state index contributed by atoms with van der Waals surface area (Å²) in [4.78, 5) is 41.8. The summed E-state index contributed by atoms with van der Waals surface area (Å²) in [5, 5.41) is 3.25. The average molecular weight is 630 g/mol. The Bertz CT molecular complexity index is 1520. The molecular formula is C38H51NO5Si. The minimum atomic E-state index is -1.31.